The lowest BCUT2D eigenvalue weighted by Gasteiger charge is -2.41. The fourth-order valence-electron chi connectivity index (χ4n) is 3.51. The molecular formula is C18H17N7. The molecule has 1 fully saturated rings. The number of hydrogen-bond acceptors (Lipinski definition) is 6. The van der Waals surface area contributed by atoms with Gasteiger partial charge in [0.25, 0.3) is 0 Å². The SMILES string of the molecule is NC1CC(N)(c2ncc3c(-c4ccc5ncccc5n4)ccn3n2)C1. The predicted molar refractivity (Wildman–Crippen MR) is 94.6 cm³/mol. The molecule has 0 radical (unpaired) electrons. The average molecular weight is 331 g/mol. The maximum Gasteiger partial charge on any atom is 0.169 e. The number of pyridine rings is 2. The fourth-order valence-corrected chi connectivity index (χ4v) is 3.51. The molecule has 5 rings (SSSR count). The Labute approximate surface area is 143 Å². The van der Waals surface area contributed by atoms with Crippen molar-refractivity contribution in [3.8, 4) is 11.3 Å². The van der Waals surface area contributed by atoms with Crippen LogP contribution in [0.3, 0.4) is 0 Å². The van der Waals surface area contributed by atoms with Crippen LogP contribution in [0.25, 0.3) is 27.8 Å². The van der Waals surface area contributed by atoms with Gasteiger partial charge in [0.05, 0.1) is 34.0 Å². The third kappa shape index (κ3) is 2.20. The molecule has 0 aromatic carbocycles. The van der Waals surface area contributed by atoms with Gasteiger partial charge < -0.3 is 11.5 Å². The summed E-state index contributed by atoms with van der Waals surface area (Å²) in [4.78, 5) is 13.5. The summed E-state index contributed by atoms with van der Waals surface area (Å²) in [6.45, 7) is 0. The van der Waals surface area contributed by atoms with Crippen LogP contribution in [0.15, 0.2) is 48.9 Å². The van der Waals surface area contributed by atoms with Crippen molar-refractivity contribution in [2.75, 3.05) is 0 Å². The smallest absolute Gasteiger partial charge is 0.169 e. The Morgan fingerprint density at radius 1 is 1.08 bits per heavy atom. The fraction of sp³-hybridized carbons (Fsp3) is 0.222. The molecule has 7 nitrogen and oxygen atoms in total. The standard InChI is InChI=1S/C18H17N7/c19-11-8-18(20,9-11)17-22-10-16-12(5-7-25(16)24-17)13-3-4-14-15(23-13)2-1-6-21-14/h1-7,10-11H,8-9,19-20H2. The molecule has 0 unspecified atom stereocenters. The van der Waals surface area contributed by atoms with Gasteiger partial charge in [-0.1, -0.05) is 0 Å². The summed E-state index contributed by atoms with van der Waals surface area (Å²) in [6, 6.07) is 9.91. The lowest BCUT2D eigenvalue weighted by Crippen LogP contribution is -2.56. The third-order valence-corrected chi connectivity index (χ3v) is 4.85. The second-order valence-corrected chi connectivity index (χ2v) is 6.70. The number of nitrogens with two attached hydrogens (primary N) is 2. The monoisotopic (exact) mass is 331 g/mol. The first-order valence-electron chi connectivity index (χ1n) is 8.24. The minimum Gasteiger partial charge on any atom is -0.328 e. The Balaban J connectivity index is 1.60. The van der Waals surface area contributed by atoms with Crippen molar-refractivity contribution in [3.05, 3.63) is 54.7 Å². The highest BCUT2D eigenvalue weighted by Crippen LogP contribution is 2.36. The van der Waals surface area contributed by atoms with E-state index in [1.807, 2.05) is 47.2 Å². The van der Waals surface area contributed by atoms with E-state index in [1.165, 1.54) is 0 Å². The van der Waals surface area contributed by atoms with Gasteiger partial charge in [0.1, 0.15) is 0 Å². The molecular weight excluding hydrogens is 314 g/mol. The summed E-state index contributed by atoms with van der Waals surface area (Å²) < 4.78 is 1.81. The van der Waals surface area contributed by atoms with Crippen LogP contribution in [0.4, 0.5) is 0 Å². The van der Waals surface area contributed by atoms with Gasteiger partial charge in [-0.2, -0.15) is 5.10 Å². The maximum absolute atomic E-state index is 6.35. The molecule has 0 amide bonds. The molecule has 0 saturated heterocycles. The van der Waals surface area contributed by atoms with Gasteiger partial charge in [-0.25, -0.2) is 14.5 Å². The summed E-state index contributed by atoms with van der Waals surface area (Å²) in [5.74, 6) is 0.638. The van der Waals surface area contributed by atoms with Gasteiger partial charge in [-0.15, -0.1) is 0 Å². The number of hydrogen-bond donors (Lipinski definition) is 2. The zero-order valence-corrected chi connectivity index (χ0v) is 13.5. The van der Waals surface area contributed by atoms with Crippen LogP contribution in [-0.2, 0) is 5.54 Å². The van der Waals surface area contributed by atoms with E-state index in [0.29, 0.717) is 18.7 Å². The minimum absolute atomic E-state index is 0.139. The van der Waals surface area contributed by atoms with E-state index < -0.39 is 5.54 Å². The van der Waals surface area contributed by atoms with Crippen molar-refractivity contribution >= 4 is 16.6 Å². The number of rotatable bonds is 2. The molecule has 4 aromatic rings. The Kier molecular flexibility index (Phi) is 2.92. The molecule has 25 heavy (non-hydrogen) atoms. The zero-order chi connectivity index (χ0) is 17.0. The normalized spacial score (nSPS) is 23.0. The molecule has 0 atom stereocenters. The van der Waals surface area contributed by atoms with Crippen molar-refractivity contribution in [1.82, 2.24) is 24.6 Å². The second-order valence-electron chi connectivity index (χ2n) is 6.70. The molecule has 1 saturated carbocycles. The van der Waals surface area contributed by atoms with E-state index in [4.69, 9.17) is 16.5 Å². The predicted octanol–water partition coefficient (Wildman–Crippen LogP) is 1.61. The van der Waals surface area contributed by atoms with E-state index in [0.717, 1.165) is 27.8 Å². The summed E-state index contributed by atoms with van der Waals surface area (Å²) in [5, 5.41) is 4.60. The second kappa shape index (κ2) is 5.05. The van der Waals surface area contributed by atoms with Crippen molar-refractivity contribution in [3.63, 3.8) is 0 Å². The van der Waals surface area contributed by atoms with Crippen LogP contribution in [0.2, 0.25) is 0 Å². The van der Waals surface area contributed by atoms with Crippen molar-refractivity contribution in [2.45, 2.75) is 24.4 Å². The zero-order valence-electron chi connectivity index (χ0n) is 13.5. The van der Waals surface area contributed by atoms with E-state index in [9.17, 15) is 0 Å². The number of aromatic nitrogens is 5. The van der Waals surface area contributed by atoms with Crippen molar-refractivity contribution in [2.24, 2.45) is 11.5 Å². The third-order valence-electron chi connectivity index (χ3n) is 4.85. The molecule has 4 heterocycles. The lowest BCUT2D eigenvalue weighted by atomic mass is 9.73. The van der Waals surface area contributed by atoms with Crippen LogP contribution < -0.4 is 11.5 Å². The highest BCUT2D eigenvalue weighted by molar-refractivity contribution is 5.83. The minimum atomic E-state index is -0.509. The van der Waals surface area contributed by atoms with E-state index >= 15 is 0 Å². The maximum atomic E-state index is 6.35. The molecule has 0 aliphatic heterocycles. The first kappa shape index (κ1) is 14.4. The molecule has 7 heteroatoms. The molecule has 0 spiro atoms. The van der Waals surface area contributed by atoms with Crippen LogP contribution in [0.5, 0.6) is 0 Å². The van der Waals surface area contributed by atoms with Crippen molar-refractivity contribution < 1.29 is 0 Å². The first-order chi connectivity index (χ1) is 12.1. The van der Waals surface area contributed by atoms with Gasteiger partial charge in [0.2, 0.25) is 0 Å². The quantitative estimate of drug-likeness (QED) is 0.578. The molecule has 124 valence electrons. The Hall–Kier alpha value is -2.90. The molecule has 4 N–H and O–H groups in total. The summed E-state index contributed by atoms with van der Waals surface area (Å²) in [6.07, 6.45) is 6.91. The van der Waals surface area contributed by atoms with Crippen LogP contribution >= 0.6 is 0 Å². The molecule has 1 aliphatic carbocycles. The van der Waals surface area contributed by atoms with Crippen LogP contribution in [-0.4, -0.2) is 30.6 Å². The average Bonchev–Trinajstić information content (AvgIpc) is 3.03. The van der Waals surface area contributed by atoms with Crippen LogP contribution in [0, 0.1) is 0 Å². The summed E-state index contributed by atoms with van der Waals surface area (Å²) >= 11 is 0. The topological polar surface area (TPSA) is 108 Å². The van der Waals surface area contributed by atoms with E-state index in [-0.39, 0.29) is 6.04 Å². The number of fused-ring (bicyclic) bond motifs is 2. The summed E-state index contributed by atoms with van der Waals surface area (Å²) in [7, 11) is 0. The Morgan fingerprint density at radius 3 is 2.80 bits per heavy atom. The van der Waals surface area contributed by atoms with Gasteiger partial charge in [-0.3, -0.25) is 4.98 Å². The highest BCUT2D eigenvalue weighted by Gasteiger charge is 2.43. The van der Waals surface area contributed by atoms with Crippen molar-refractivity contribution in [1.29, 1.82) is 0 Å². The molecule has 0 bridgehead atoms. The van der Waals surface area contributed by atoms with Gasteiger partial charge >= 0.3 is 0 Å². The first-order valence-corrected chi connectivity index (χ1v) is 8.24. The largest absolute Gasteiger partial charge is 0.328 e. The molecule has 4 aromatic heterocycles. The van der Waals surface area contributed by atoms with Crippen LogP contribution in [0.1, 0.15) is 18.7 Å². The van der Waals surface area contributed by atoms with Gasteiger partial charge in [0, 0.05) is 24.0 Å². The van der Waals surface area contributed by atoms with E-state index in [2.05, 4.69) is 15.1 Å². The van der Waals surface area contributed by atoms with Gasteiger partial charge in [-0.05, 0) is 43.2 Å². The number of nitrogens with zero attached hydrogens (tertiary/aromatic N) is 5. The Bertz CT molecular complexity index is 1090. The van der Waals surface area contributed by atoms with Gasteiger partial charge in [0.15, 0.2) is 5.82 Å². The van der Waals surface area contributed by atoms with E-state index in [1.54, 1.807) is 6.20 Å². The summed E-state index contributed by atoms with van der Waals surface area (Å²) in [5.41, 5.74) is 16.2. The molecule has 1 aliphatic rings. The highest BCUT2D eigenvalue weighted by atomic mass is 15.3. The Morgan fingerprint density at radius 2 is 1.96 bits per heavy atom. The lowest BCUT2D eigenvalue weighted by molar-refractivity contribution is 0.196.